The van der Waals surface area contributed by atoms with E-state index in [4.69, 9.17) is 9.84 Å². The summed E-state index contributed by atoms with van der Waals surface area (Å²) < 4.78 is 7.39. The summed E-state index contributed by atoms with van der Waals surface area (Å²) in [7, 11) is 1.63. The van der Waals surface area contributed by atoms with Gasteiger partial charge in [0, 0.05) is 13.7 Å². The number of hydrogen-bond acceptors (Lipinski definition) is 3. The molecule has 2 rings (SSSR count). The normalized spacial score (nSPS) is 11.9. The summed E-state index contributed by atoms with van der Waals surface area (Å²) in [6.07, 6.45) is 0.0626. The number of hydrogen-bond donors (Lipinski definition) is 1. The molecular weight excluding hydrogens is 244 g/mol. The fourth-order valence-corrected chi connectivity index (χ4v) is 2.06. The molecule has 0 aliphatic rings. The maximum absolute atomic E-state index is 10.8. The molecule has 0 amide bonds. The van der Waals surface area contributed by atoms with Crippen molar-refractivity contribution in [2.24, 2.45) is 0 Å². The number of rotatable bonds is 5. The van der Waals surface area contributed by atoms with Crippen molar-refractivity contribution >= 4 is 17.0 Å². The molecule has 5 heteroatoms. The molecule has 1 aromatic heterocycles. The smallest absolute Gasteiger partial charge is 0.305 e. The first-order valence-electron chi connectivity index (χ1n) is 6.18. The van der Waals surface area contributed by atoms with Crippen LogP contribution in [0.2, 0.25) is 0 Å². The third-order valence-electron chi connectivity index (χ3n) is 3.25. The maximum atomic E-state index is 10.8. The van der Waals surface area contributed by atoms with Crippen LogP contribution in [0.5, 0.6) is 0 Å². The summed E-state index contributed by atoms with van der Waals surface area (Å²) in [6, 6.07) is 7.70. The lowest BCUT2D eigenvalue weighted by Gasteiger charge is -2.23. The van der Waals surface area contributed by atoms with Crippen molar-refractivity contribution in [2.45, 2.75) is 32.4 Å². The van der Waals surface area contributed by atoms with E-state index in [0.717, 1.165) is 16.9 Å². The first kappa shape index (κ1) is 13.5. The molecule has 0 radical (unpaired) electrons. The highest BCUT2D eigenvalue weighted by atomic mass is 16.5. The minimum absolute atomic E-state index is 0.0626. The number of imidazole rings is 1. The maximum Gasteiger partial charge on any atom is 0.305 e. The quantitative estimate of drug-likeness (QED) is 0.898. The van der Waals surface area contributed by atoms with E-state index in [2.05, 4.69) is 4.98 Å². The van der Waals surface area contributed by atoms with E-state index in [1.165, 1.54) is 0 Å². The average Bonchev–Trinajstić information content (AvgIpc) is 2.75. The third kappa shape index (κ3) is 2.61. The molecular formula is C14H18N2O3. The van der Waals surface area contributed by atoms with Gasteiger partial charge < -0.3 is 14.4 Å². The highest BCUT2D eigenvalue weighted by molar-refractivity contribution is 5.76. The Labute approximate surface area is 111 Å². The number of fused-ring (bicyclic) bond motifs is 1. The van der Waals surface area contributed by atoms with Crippen molar-refractivity contribution in [3.63, 3.8) is 0 Å². The SMILES string of the molecule is COC(C)(C)c1nc2ccccc2n1CCC(=O)O. The van der Waals surface area contributed by atoms with Gasteiger partial charge in [0.05, 0.1) is 17.5 Å². The third-order valence-corrected chi connectivity index (χ3v) is 3.25. The number of carboxylic acid groups (broad SMARTS) is 1. The van der Waals surface area contributed by atoms with Crippen LogP contribution < -0.4 is 0 Å². The van der Waals surface area contributed by atoms with Crippen LogP contribution >= 0.6 is 0 Å². The van der Waals surface area contributed by atoms with Gasteiger partial charge in [0.2, 0.25) is 0 Å². The van der Waals surface area contributed by atoms with Crippen LogP contribution in [0.3, 0.4) is 0 Å². The van der Waals surface area contributed by atoms with Crippen molar-refractivity contribution < 1.29 is 14.6 Å². The minimum Gasteiger partial charge on any atom is -0.481 e. The zero-order chi connectivity index (χ0) is 14.0. The molecule has 0 saturated heterocycles. The molecule has 0 aliphatic carbocycles. The number of carbonyl (C=O) groups is 1. The van der Waals surface area contributed by atoms with Crippen LogP contribution in [0.25, 0.3) is 11.0 Å². The summed E-state index contributed by atoms with van der Waals surface area (Å²) in [4.78, 5) is 15.4. The number of aliphatic carboxylic acids is 1. The summed E-state index contributed by atoms with van der Waals surface area (Å²) >= 11 is 0. The minimum atomic E-state index is -0.820. The fourth-order valence-electron chi connectivity index (χ4n) is 2.06. The molecule has 1 heterocycles. The number of aryl methyl sites for hydroxylation is 1. The summed E-state index contributed by atoms with van der Waals surface area (Å²) in [5.74, 6) is -0.0728. The first-order valence-corrected chi connectivity index (χ1v) is 6.18. The number of para-hydroxylation sites is 2. The Hall–Kier alpha value is -1.88. The standard InChI is InChI=1S/C14H18N2O3/c1-14(2,19-3)13-15-10-6-4-5-7-11(10)16(13)9-8-12(17)18/h4-7H,8-9H2,1-3H3,(H,17,18). The molecule has 1 aromatic carbocycles. The van der Waals surface area contributed by atoms with Gasteiger partial charge in [0.15, 0.2) is 0 Å². The molecule has 0 aliphatic heterocycles. The second-order valence-electron chi connectivity index (χ2n) is 4.93. The van der Waals surface area contributed by atoms with Crippen molar-refractivity contribution in [1.29, 1.82) is 0 Å². The van der Waals surface area contributed by atoms with E-state index in [-0.39, 0.29) is 6.42 Å². The van der Waals surface area contributed by atoms with Crippen molar-refractivity contribution in [3.8, 4) is 0 Å². The summed E-state index contributed by atoms with van der Waals surface area (Å²) in [6.45, 7) is 4.23. The number of ether oxygens (including phenoxy) is 1. The number of carboxylic acids is 1. The number of nitrogens with zero attached hydrogens (tertiary/aromatic N) is 2. The predicted molar refractivity (Wildman–Crippen MR) is 72.0 cm³/mol. The van der Waals surface area contributed by atoms with Crippen molar-refractivity contribution in [3.05, 3.63) is 30.1 Å². The Bertz CT molecular complexity index is 602. The monoisotopic (exact) mass is 262 g/mol. The van der Waals surface area contributed by atoms with Crippen LogP contribution in [0.15, 0.2) is 24.3 Å². The Morgan fingerprint density at radius 1 is 1.42 bits per heavy atom. The van der Waals surface area contributed by atoms with Crippen LogP contribution in [-0.2, 0) is 21.7 Å². The molecule has 0 saturated carbocycles. The van der Waals surface area contributed by atoms with Gasteiger partial charge in [-0.05, 0) is 26.0 Å². The van der Waals surface area contributed by atoms with Crippen molar-refractivity contribution in [2.75, 3.05) is 7.11 Å². The molecule has 0 atom stereocenters. The molecule has 1 N–H and O–H groups in total. The van der Waals surface area contributed by atoms with Gasteiger partial charge in [-0.2, -0.15) is 0 Å². The molecule has 0 fully saturated rings. The zero-order valence-corrected chi connectivity index (χ0v) is 11.4. The Kier molecular flexibility index (Phi) is 3.57. The first-order chi connectivity index (χ1) is 8.95. The number of methoxy groups -OCH3 is 1. The Morgan fingerprint density at radius 3 is 2.74 bits per heavy atom. The van der Waals surface area contributed by atoms with E-state index >= 15 is 0 Å². The van der Waals surface area contributed by atoms with E-state index in [1.807, 2.05) is 42.7 Å². The van der Waals surface area contributed by atoms with Gasteiger partial charge in [-0.1, -0.05) is 12.1 Å². The summed E-state index contributed by atoms with van der Waals surface area (Å²) in [5, 5.41) is 8.87. The topological polar surface area (TPSA) is 64.4 Å². The fraction of sp³-hybridized carbons (Fsp3) is 0.429. The van der Waals surface area contributed by atoms with E-state index in [1.54, 1.807) is 7.11 Å². The number of benzene rings is 1. The molecule has 19 heavy (non-hydrogen) atoms. The van der Waals surface area contributed by atoms with E-state index < -0.39 is 11.6 Å². The average molecular weight is 262 g/mol. The molecule has 0 unspecified atom stereocenters. The molecule has 2 aromatic rings. The van der Waals surface area contributed by atoms with E-state index in [0.29, 0.717) is 6.54 Å². The van der Waals surface area contributed by atoms with Crippen molar-refractivity contribution in [1.82, 2.24) is 9.55 Å². The Morgan fingerprint density at radius 2 is 2.11 bits per heavy atom. The van der Waals surface area contributed by atoms with Gasteiger partial charge in [-0.25, -0.2) is 4.98 Å². The zero-order valence-electron chi connectivity index (χ0n) is 11.4. The van der Waals surface area contributed by atoms with Gasteiger partial charge in [0.25, 0.3) is 0 Å². The largest absolute Gasteiger partial charge is 0.481 e. The molecule has 5 nitrogen and oxygen atoms in total. The molecule has 0 bridgehead atoms. The van der Waals surface area contributed by atoms with E-state index in [9.17, 15) is 4.79 Å². The van der Waals surface area contributed by atoms with Crippen LogP contribution in [-0.4, -0.2) is 27.7 Å². The van der Waals surface area contributed by atoms with Gasteiger partial charge in [-0.3, -0.25) is 4.79 Å². The predicted octanol–water partition coefficient (Wildman–Crippen LogP) is 2.39. The lowest BCUT2D eigenvalue weighted by Crippen LogP contribution is -2.25. The lowest BCUT2D eigenvalue weighted by molar-refractivity contribution is -0.137. The van der Waals surface area contributed by atoms with Crippen LogP contribution in [0.1, 0.15) is 26.1 Å². The second kappa shape index (κ2) is 5.01. The number of aromatic nitrogens is 2. The van der Waals surface area contributed by atoms with Crippen LogP contribution in [0, 0.1) is 0 Å². The van der Waals surface area contributed by atoms with Gasteiger partial charge in [-0.15, -0.1) is 0 Å². The lowest BCUT2D eigenvalue weighted by atomic mass is 10.1. The van der Waals surface area contributed by atoms with Crippen LogP contribution in [0.4, 0.5) is 0 Å². The second-order valence-corrected chi connectivity index (χ2v) is 4.93. The highest BCUT2D eigenvalue weighted by Crippen LogP contribution is 2.27. The Balaban J connectivity index is 2.55. The molecule has 102 valence electrons. The summed E-state index contributed by atoms with van der Waals surface area (Å²) in [5.41, 5.74) is 1.23. The van der Waals surface area contributed by atoms with Gasteiger partial charge in [0.1, 0.15) is 11.4 Å². The van der Waals surface area contributed by atoms with Gasteiger partial charge >= 0.3 is 5.97 Å². The highest BCUT2D eigenvalue weighted by Gasteiger charge is 2.27. The molecule has 0 spiro atoms.